The number of nitrogens with zero attached hydrogens (tertiary/aromatic N) is 7. The van der Waals surface area contributed by atoms with Gasteiger partial charge in [-0.1, -0.05) is 43.8 Å². The molecule has 0 amide bonds. The molecule has 33 heavy (non-hydrogen) atoms. The molecular weight excluding hydrogens is 434 g/mol. The van der Waals surface area contributed by atoms with Crippen molar-refractivity contribution in [2.45, 2.75) is 0 Å². The van der Waals surface area contributed by atoms with Gasteiger partial charge in [0.25, 0.3) is 0 Å². The molecule has 1 aromatic heterocycles. The van der Waals surface area contributed by atoms with Crippen molar-refractivity contribution < 1.29 is 17.1 Å². The first-order valence-corrected chi connectivity index (χ1v) is 10.4. The molecule has 0 saturated carbocycles. The predicted molar refractivity (Wildman–Crippen MR) is 135 cm³/mol. The highest BCUT2D eigenvalue weighted by molar-refractivity contribution is 5.80. The highest BCUT2D eigenvalue weighted by Gasteiger charge is 2.14. The van der Waals surface area contributed by atoms with Gasteiger partial charge < -0.3 is 27.1 Å². The van der Waals surface area contributed by atoms with E-state index in [-0.39, 0.29) is 12.4 Å². The van der Waals surface area contributed by atoms with E-state index in [0.29, 0.717) is 0 Å². The van der Waals surface area contributed by atoms with Gasteiger partial charge in [-0.25, -0.2) is 0 Å². The fourth-order valence-electron chi connectivity index (χ4n) is 2.92. The van der Waals surface area contributed by atoms with Crippen LogP contribution in [0.25, 0.3) is 6.08 Å². The number of anilines is 2. The lowest BCUT2D eigenvalue weighted by molar-refractivity contribution is -0.679. The van der Waals surface area contributed by atoms with E-state index in [1.165, 1.54) is 0 Å². The molecule has 0 bridgehead atoms. The molecular formula is C25H32ClN7. The quantitative estimate of drug-likeness (QED) is 0.353. The van der Waals surface area contributed by atoms with E-state index in [1.54, 1.807) is 0 Å². The molecule has 0 radical (unpaired) electrons. The minimum absolute atomic E-state index is 0. The van der Waals surface area contributed by atoms with Crippen LogP contribution in [0.4, 0.5) is 11.4 Å². The number of benzene rings is 2. The lowest BCUT2D eigenvalue weighted by Crippen LogP contribution is -3.00. The Labute approximate surface area is 203 Å². The topological polar surface area (TPSA) is 43.3 Å². The Morgan fingerprint density at radius 3 is 1.76 bits per heavy atom. The number of aromatic nitrogens is 2. The minimum atomic E-state index is 0. The van der Waals surface area contributed by atoms with Gasteiger partial charge >= 0.3 is 5.82 Å². The summed E-state index contributed by atoms with van der Waals surface area (Å²) in [5.41, 5.74) is 4.37. The van der Waals surface area contributed by atoms with Crippen molar-refractivity contribution in [1.82, 2.24) is 9.58 Å². The summed E-state index contributed by atoms with van der Waals surface area (Å²) in [5, 5.41) is 9.29. The molecule has 0 saturated heterocycles. The second-order valence-corrected chi connectivity index (χ2v) is 8.09. The summed E-state index contributed by atoms with van der Waals surface area (Å²) in [6.45, 7) is 0. The SMILES string of the molecule is CN(C)/C=C/c1n(/N=C/c2ccc(N(C)C)cc2)cc[n+]1/N=C/c1ccc(N(C)C)cc1.[Cl-]. The van der Waals surface area contributed by atoms with E-state index >= 15 is 0 Å². The Bertz CT molecular complexity index is 1010. The smallest absolute Gasteiger partial charge is 0.334 e. The van der Waals surface area contributed by atoms with Gasteiger partial charge in [-0.05, 0) is 35.4 Å². The van der Waals surface area contributed by atoms with Crippen LogP contribution >= 0.6 is 0 Å². The van der Waals surface area contributed by atoms with Gasteiger partial charge in [0.1, 0.15) is 0 Å². The number of imidazole rings is 1. The fourth-order valence-corrected chi connectivity index (χ4v) is 2.92. The van der Waals surface area contributed by atoms with Crippen molar-refractivity contribution in [2.24, 2.45) is 10.2 Å². The highest BCUT2D eigenvalue weighted by Crippen LogP contribution is 2.12. The van der Waals surface area contributed by atoms with Gasteiger partial charge in [0, 0.05) is 65.9 Å². The van der Waals surface area contributed by atoms with Crippen LogP contribution in [0.5, 0.6) is 0 Å². The maximum atomic E-state index is 4.64. The van der Waals surface area contributed by atoms with Crippen LogP contribution in [-0.4, -0.2) is 64.3 Å². The van der Waals surface area contributed by atoms with Gasteiger partial charge in [-0.3, -0.25) is 0 Å². The summed E-state index contributed by atoms with van der Waals surface area (Å²) in [5.74, 6) is 0.834. The van der Waals surface area contributed by atoms with Crippen molar-refractivity contribution in [2.75, 3.05) is 52.1 Å². The van der Waals surface area contributed by atoms with Crippen LogP contribution in [0, 0.1) is 0 Å². The van der Waals surface area contributed by atoms with E-state index in [1.807, 2.05) is 93.6 Å². The molecule has 1 heterocycles. The molecule has 0 aliphatic rings. The first-order valence-electron chi connectivity index (χ1n) is 10.4. The number of hydrogen-bond acceptors (Lipinski definition) is 5. The first kappa shape index (κ1) is 25.7. The summed E-state index contributed by atoms with van der Waals surface area (Å²) in [7, 11) is 12.1. The standard InChI is InChI=1S/C25H32N7.ClH/c1-28(2)16-15-25-31(26-19-21-7-11-23(12-8-21)29(3)4)17-18-32(25)27-20-22-9-13-24(14-10-22)30(5)6;/h7-20H,1-6H3;1H/q+1;/p-1/b26-19+,27-20+;. The lowest BCUT2D eigenvalue weighted by Gasteiger charge is -2.11. The molecule has 0 atom stereocenters. The lowest BCUT2D eigenvalue weighted by atomic mass is 10.2. The number of hydrogen-bond donors (Lipinski definition) is 0. The third kappa shape index (κ3) is 7.22. The average Bonchev–Trinajstić information content (AvgIpc) is 3.17. The maximum Gasteiger partial charge on any atom is 0.334 e. The molecule has 3 aromatic rings. The largest absolute Gasteiger partial charge is 1.00 e. The highest BCUT2D eigenvalue weighted by atomic mass is 35.5. The molecule has 174 valence electrons. The Balaban J connectivity index is 0.00000385. The third-order valence-electron chi connectivity index (χ3n) is 4.82. The zero-order valence-corrected chi connectivity index (χ0v) is 20.8. The maximum absolute atomic E-state index is 4.64. The van der Waals surface area contributed by atoms with Crippen molar-refractivity contribution in [3.05, 3.63) is 84.1 Å². The van der Waals surface area contributed by atoms with Crippen LogP contribution in [0.15, 0.2) is 77.3 Å². The second kappa shape index (κ2) is 11.9. The van der Waals surface area contributed by atoms with Crippen molar-refractivity contribution >= 4 is 29.9 Å². The minimum Gasteiger partial charge on any atom is -1.00 e. The molecule has 0 spiro atoms. The van der Waals surface area contributed by atoms with E-state index < -0.39 is 0 Å². The summed E-state index contributed by atoms with van der Waals surface area (Å²) in [4.78, 5) is 6.13. The summed E-state index contributed by atoms with van der Waals surface area (Å²) in [6.07, 6.45) is 11.4. The van der Waals surface area contributed by atoms with Gasteiger partial charge in [-0.2, -0.15) is 0 Å². The molecule has 3 rings (SSSR count). The van der Waals surface area contributed by atoms with Crippen molar-refractivity contribution in [1.29, 1.82) is 0 Å². The second-order valence-electron chi connectivity index (χ2n) is 8.09. The van der Waals surface area contributed by atoms with Crippen LogP contribution in [0.3, 0.4) is 0 Å². The zero-order chi connectivity index (χ0) is 23.1. The van der Waals surface area contributed by atoms with E-state index in [4.69, 9.17) is 0 Å². The predicted octanol–water partition coefficient (Wildman–Crippen LogP) is 0.208. The van der Waals surface area contributed by atoms with Crippen molar-refractivity contribution in [3.63, 3.8) is 0 Å². The van der Waals surface area contributed by atoms with Gasteiger partial charge in [-0.15, -0.1) is 0 Å². The van der Waals surface area contributed by atoms with Gasteiger partial charge in [0.05, 0.1) is 12.4 Å². The average molecular weight is 466 g/mol. The molecule has 8 heteroatoms. The molecule has 7 nitrogen and oxygen atoms in total. The van der Waals surface area contributed by atoms with Crippen LogP contribution in [0.1, 0.15) is 17.0 Å². The van der Waals surface area contributed by atoms with Crippen LogP contribution in [0.2, 0.25) is 0 Å². The Hall–Kier alpha value is -3.58. The van der Waals surface area contributed by atoms with E-state index in [2.05, 4.69) is 68.5 Å². The monoisotopic (exact) mass is 465 g/mol. The molecule has 0 aliphatic heterocycles. The molecule has 0 fully saturated rings. The van der Waals surface area contributed by atoms with Crippen LogP contribution in [-0.2, 0) is 0 Å². The number of halogens is 1. The number of rotatable bonds is 8. The Morgan fingerprint density at radius 2 is 1.27 bits per heavy atom. The molecule has 0 aliphatic carbocycles. The van der Waals surface area contributed by atoms with Gasteiger partial charge in [0.2, 0.25) is 0 Å². The van der Waals surface area contributed by atoms with Gasteiger partial charge in [0.15, 0.2) is 12.4 Å². The van der Waals surface area contributed by atoms with Crippen molar-refractivity contribution in [3.8, 4) is 0 Å². The normalized spacial score (nSPS) is 11.3. The zero-order valence-electron chi connectivity index (χ0n) is 20.1. The Kier molecular flexibility index (Phi) is 9.24. The van der Waals surface area contributed by atoms with Crippen LogP contribution < -0.4 is 26.9 Å². The molecule has 0 N–H and O–H groups in total. The summed E-state index contributed by atoms with van der Waals surface area (Å²) in [6, 6.07) is 16.5. The third-order valence-corrected chi connectivity index (χ3v) is 4.82. The van der Waals surface area contributed by atoms with E-state index in [9.17, 15) is 0 Å². The molecule has 0 unspecified atom stereocenters. The summed E-state index contributed by atoms with van der Waals surface area (Å²) >= 11 is 0. The summed E-state index contributed by atoms with van der Waals surface area (Å²) < 4.78 is 3.62. The first-order chi connectivity index (χ1) is 15.3. The fraction of sp³-hybridized carbons (Fsp3) is 0.240. The molecule has 2 aromatic carbocycles. The Morgan fingerprint density at radius 1 is 0.758 bits per heavy atom. The van der Waals surface area contributed by atoms with E-state index in [0.717, 1.165) is 28.3 Å².